The lowest BCUT2D eigenvalue weighted by Crippen LogP contribution is -2.42. The summed E-state index contributed by atoms with van der Waals surface area (Å²) in [6.07, 6.45) is 0.197. The number of pyridine rings is 1. The van der Waals surface area contributed by atoms with Crippen LogP contribution in [-0.2, 0) is 0 Å². The van der Waals surface area contributed by atoms with Crippen LogP contribution in [0, 0.1) is 17.6 Å². The summed E-state index contributed by atoms with van der Waals surface area (Å²) in [6, 6.07) is 0.837. The van der Waals surface area contributed by atoms with Gasteiger partial charge in [-0.25, -0.2) is 13.8 Å². The number of hydrogen-bond acceptors (Lipinski definition) is 4. The standard InChI is InChI=1S/C12H17F2N3O/c1-7-6-17(4-3-10(7)18)12-9(14)5-8(13)11(15-2)16-12/h5,7,10,18H,3-4,6H2,1-2H3,(H,15,16). The van der Waals surface area contributed by atoms with E-state index >= 15 is 0 Å². The maximum absolute atomic E-state index is 13.7. The summed E-state index contributed by atoms with van der Waals surface area (Å²) >= 11 is 0. The molecule has 100 valence electrons. The van der Waals surface area contributed by atoms with E-state index in [1.54, 1.807) is 4.90 Å². The van der Waals surface area contributed by atoms with E-state index in [1.807, 2.05) is 6.92 Å². The number of rotatable bonds is 2. The zero-order chi connectivity index (χ0) is 13.3. The summed E-state index contributed by atoms with van der Waals surface area (Å²) in [4.78, 5) is 5.70. The predicted octanol–water partition coefficient (Wildman–Crippen LogP) is 1.61. The van der Waals surface area contributed by atoms with E-state index in [0.29, 0.717) is 19.5 Å². The van der Waals surface area contributed by atoms with Crippen molar-refractivity contribution in [3.8, 4) is 0 Å². The van der Waals surface area contributed by atoms with Gasteiger partial charge < -0.3 is 15.3 Å². The number of aliphatic hydroxyl groups excluding tert-OH is 1. The van der Waals surface area contributed by atoms with Crippen molar-refractivity contribution in [3.05, 3.63) is 17.7 Å². The third-order valence-electron chi connectivity index (χ3n) is 3.31. The fourth-order valence-corrected chi connectivity index (χ4v) is 2.18. The van der Waals surface area contributed by atoms with Crippen LogP contribution >= 0.6 is 0 Å². The Kier molecular flexibility index (Phi) is 3.65. The number of aromatic nitrogens is 1. The van der Waals surface area contributed by atoms with Gasteiger partial charge in [0.25, 0.3) is 0 Å². The van der Waals surface area contributed by atoms with Crippen LogP contribution in [0.5, 0.6) is 0 Å². The van der Waals surface area contributed by atoms with Crippen LogP contribution in [0.4, 0.5) is 20.4 Å². The Balaban J connectivity index is 2.28. The van der Waals surface area contributed by atoms with Crippen LogP contribution in [0.25, 0.3) is 0 Å². The molecular formula is C12H17F2N3O. The van der Waals surface area contributed by atoms with Gasteiger partial charge in [0.2, 0.25) is 0 Å². The van der Waals surface area contributed by atoms with Crippen molar-refractivity contribution < 1.29 is 13.9 Å². The van der Waals surface area contributed by atoms with Crippen LogP contribution < -0.4 is 10.2 Å². The van der Waals surface area contributed by atoms with Crippen molar-refractivity contribution in [2.24, 2.45) is 5.92 Å². The molecule has 2 atom stereocenters. The molecule has 1 fully saturated rings. The average Bonchev–Trinajstić information content (AvgIpc) is 2.33. The van der Waals surface area contributed by atoms with E-state index in [0.717, 1.165) is 6.07 Å². The first-order valence-electron chi connectivity index (χ1n) is 5.99. The van der Waals surface area contributed by atoms with E-state index < -0.39 is 11.6 Å². The van der Waals surface area contributed by atoms with Gasteiger partial charge in [0.15, 0.2) is 23.3 Å². The molecule has 18 heavy (non-hydrogen) atoms. The molecule has 0 aliphatic carbocycles. The summed E-state index contributed by atoms with van der Waals surface area (Å²) in [5.74, 6) is -1.16. The van der Waals surface area contributed by atoms with Crippen molar-refractivity contribution in [3.63, 3.8) is 0 Å². The molecule has 2 unspecified atom stereocenters. The third kappa shape index (κ3) is 2.38. The van der Waals surface area contributed by atoms with Crippen molar-refractivity contribution in [2.75, 3.05) is 30.4 Å². The molecule has 0 amide bonds. The Hall–Kier alpha value is -1.43. The lowest BCUT2D eigenvalue weighted by molar-refractivity contribution is 0.0966. The lowest BCUT2D eigenvalue weighted by atomic mass is 9.97. The number of hydrogen-bond donors (Lipinski definition) is 2. The smallest absolute Gasteiger partial charge is 0.168 e. The number of piperidine rings is 1. The van der Waals surface area contributed by atoms with Crippen LogP contribution in [0.2, 0.25) is 0 Å². The molecule has 1 aliphatic rings. The highest BCUT2D eigenvalue weighted by Crippen LogP contribution is 2.26. The van der Waals surface area contributed by atoms with Gasteiger partial charge in [0, 0.05) is 26.2 Å². The molecule has 0 radical (unpaired) electrons. The van der Waals surface area contributed by atoms with Crippen LogP contribution in [0.3, 0.4) is 0 Å². The van der Waals surface area contributed by atoms with Gasteiger partial charge in [0.05, 0.1) is 6.10 Å². The molecule has 6 heteroatoms. The number of anilines is 2. The summed E-state index contributed by atoms with van der Waals surface area (Å²) in [5, 5.41) is 12.2. The molecule has 1 aromatic rings. The lowest BCUT2D eigenvalue weighted by Gasteiger charge is -2.35. The average molecular weight is 257 g/mol. The molecule has 0 bridgehead atoms. The van der Waals surface area contributed by atoms with E-state index in [-0.39, 0.29) is 23.7 Å². The zero-order valence-corrected chi connectivity index (χ0v) is 10.5. The summed E-state index contributed by atoms with van der Waals surface area (Å²) < 4.78 is 27.1. The number of aliphatic hydroxyl groups is 1. The summed E-state index contributed by atoms with van der Waals surface area (Å²) in [5.41, 5.74) is 0. The molecule has 1 aliphatic heterocycles. The minimum atomic E-state index is -0.705. The van der Waals surface area contributed by atoms with Gasteiger partial charge in [-0.2, -0.15) is 0 Å². The second-order valence-electron chi connectivity index (χ2n) is 4.65. The summed E-state index contributed by atoms with van der Waals surface area (Å²) in [6.45, 7) is 2.93. The number of halogens is 2. The van der Waals surface area contributed by atoms with Crippen molar-refractivity contribution >= 4 is 11.6 Å². The van der Waals surface area contributed by atoms with Gasteiger partial charge in [-0.3, -0.25) is 0 Å². The Morgan fingerprint density at radius 3 is 2.78 bits per heavy atom. The highest BCUT2D eigenvalue weighted by molar-refractivity contribution is 5.49. The molecule has 2 N–H and O–H groups in total. The minimum absolute atomic E-state index is 0.0326. The molecule has 1 saturated heterocycles. The molecule has 4 nitrogen and oxygen atoms in total. The van der Waals surface area contributed by atoms with Gasteiger partial charge in [-0.05, 0) is 12.3 Å². The highest BCUT2D eigenvalue weighted by Gasteiger charge is 2.27. The molecule has 1 aromatic heterocycles. The Morgan fingerprint density at radius 1 is 1.44 bits per heavy atom. The molecular weight excluding hydrogens is 240 g/mol. The van der Waals surface area contributed by atoms with Crippen LogP contribution in [-0.4, -0.2) is 36.3 Å². The predicted molar refractivity (Wildman–Crippen MR) is 65.7 cm³/mol. The fraction of sp³-hybridized carbons (Fsp3) is 0.583. The van der Waals surface area contributed by atoms with Crippen molar-refractivity contribution in [1.29, 1.82) is 0 Å². The molecule has 2 heterocycles. The van der Waals surface area contributed by atoms with E-state index in [4.69, 9.17) is 0 Å². The van der Waals surface area contributed by atoms with Gasteiger partial charge in [-0.1, -0.05) is 6.92 Å². The second-order valence-corrected chi connectivity index (χ2v) is 4.65. The first-order chi connectivity index (χ1) is 8.52. The van der Waals surface area contributed by atoms with Crippen molar-refractivity contribution in [2.45, 2.75) is 19.4 Å². The molecule has 0 saturated carbocycles. The second kappa shape index (κ2) is 5.06. The first-order valence-corrected chi connectivity index (χ1v) is 5.99. The minimum Gasteiger partial charge on any atom is -0.393 e. The largest absolute Gasteiger partial charge is 0.393 e. The van der Waals surface area contributed by atoms with Crippen LogP contribution in [0.1, 0.15) is 13.3 Å². The third-order valence-corrected chi connectivity index (χ3v) is 3.31. The molecule has 2 rings (SSSR count). The van der Waals surface area contributed by atoms with E-state index in [2.05, 4.69) is 10.3 Å². The maximum Gasteiger partial charge on any atom is 0.168 e. The number of nitrogens with zero attached hydrogens (tertiary/aromatic N) is 2. The van der Waals surface area contributed by atoms with Crippen molar-refractivity contribution in [1.82, 2.24) is 4.98 Å². The van der Waals surface area contributed by atoms with E-state index in [9.17, 15) is 13.9 Å². The summed E-state index contributed by atoms with van der Waals surface area (Å²) in [7, 11) is 1.54. The molecule has 0 aromatic carbocycles. The SMILES string of the molecule is CNc1nc(N2CCC(O)C(C)C2)c(F)cc1F. The Morgan fingerprint density at radius 2 is 2.17 bits per heavy atom. The molecule has 0 spiro atoms. The topological polar surface area (TPSA) is 48.4 Å². The number of nitrogens with one attached hydrogen (secondary N) is 1. The maximum atomic E-state index is 13.7. The van der Waals surface area contributed by atoms with Gasteiger partial charge in [0.1, 0.15) is 0 Å². The Bertz CT molecular complexity index is 442. The highest BCUT2D eigenvalue weighted by atomic mass is 19.1. The Labute approximate surface area is 105 Å². The van der Waals surface area contributed by atoms with Gasteiger partial charge >= 0.3 is 0 Å². The zero-order valence-electron chi connectivity index (χ0n) is 10.5. The monoisotopic (exact) mass is 257 g/mol. The van der Waals surface area contributed by atoms with E-state index in [1.165, 1.54) is 7.05 Å². The quantitative estimate of drug-likeness (QED) is 0.845. The van der Waals surface area contributed by atoms with Crippen LogP contribution in [0.15, 0.2) is 6.07 Å². The van der Waals surface area contributed by atoms with Gasteiger partial charge in [-0.15, -0.1) is 0 Å². The normalized spacial score (nSPS) is 24.2. The first kappa shape index (κ1) is 13.0. The fourth-order valence-electron chi connectivity index (χ4n) is 2.18.